The molecule has 21 heavy (non-hydrogen) atoms. The van der Waals surface area contributed by atoms with Gasteiger partial charge >= 0.3 is 0 Å². The highest BCUT2D eigenvalue weighted by atomic mass is 14.8. The van der Waals surface area contributed by atoms with E-state index in [0.29, 0.717) is 16.9 Å². The van der Waals surface area contributed by atoms with Gasteiger partial charge in [0.15, 0.2) is 0 Å². The maximum atomic E-state index is 6.94. The highest BCUT2D eigenvalue weighted by Crippen LogP contribution is 2.66. The topological polar surface area (TPSA) is 26.0 Å². The number of rotatable bonds is 3. The predicted molar refractivity (Wildman–Crippen MR) is 86.8 cm³/mol. The molecule has 6 saturated carbocycles. The van der Waals surface area contributed by atoms with Gasteiger partial charge in [0.1, 0.15) is 0 Å². The van der Waals surface area contributed by atoms with E-state index in [0.717, 1.165) is 29.6 Å². The van der Waals surface area contributed by atoms with Gasteiger partial charge in [0, 0.05) is 6.04 Å². The first-order valence-corrected chi connectivity index (χ1v) is 9.79. The molecule has 0 radical (unpaired) electrons. The molecule has 0 amide bonds. The van der Waals surface area contributed by atoms with Crippen LogP contribution in [-0.2, 0) is 0 Å². The Morgan fingerprint density at radius 3 is 2.29 bits per heavy atom. The first-order valence-electron chi connectivity index (χ1n) is 9.79. The fraction of sp³-hybridized carbons (Fsp3) is 1.00. The van der Waals surface area contributed by atoms with Crippen molar-refractivity contribution in [2.45, 2.75) is 83.6 Å². The molecule has 118 valence electrons. The maximum Gasteiger partial charge on any atom is 0.00987 e. The van der Waals surface area contributed by atoms with E-state index >= 15 is 0 Å². The molecule has 6 atom stereocenters. The second-order valence-corrected chi connectivity index (χ2v) is 10.4. The summed E-state index contributed by atoms with van der Waals surface area (Å²) in [6.07, 6.45) is 16.5. The fourth-order valence-electron chi connectivity index (χ4n) is 8.47. The van der Waals surface area contributed by atoms with Crippen molar-refractivity contribution in [2.24, 2.45) is 46.2 Å². The molecule has 0 aliphatic heterocycles. The molecular weight excluding hydrogens is 254 g/mol. The molecule has 6 unspecified atom stereocenters. The lowest BCUT2D eigenvalue weighted by Crippen LogP contribution is -2.58. The molecule has 0 aromatic rings. The van der Waals surface area contributed by atoms with Crippen molar-refractivity contribution in [1.29, 1.82) is 0 Å². The Morgan fingerprint density at radius 1 is 0.952 bits per heavy atom. The van der Waals surface area contributed by atoms with E-state index in [-0.39, 0.29) is 0 Å². The Labute approximate surface area is 130 Å². The average molecular weight is 287 g/mol. The van der Waals surface area contributed by atoms with Crippen molar-refractivity contribution in [1.82, 2.24) is 0 Å². The van der Waals surface area contributed by atoms with Crippen molar-refractivity contribution in [3.05, 3.63) is 0 Å². The van der Waals surface area contributed by atoms with Gasteiger partial charge in [0.2, 0.25) is 0 Å². The fourth-order valence-corrected chi connectivity index (χ4v) is 8.47. The van der Waals surface area contributed by atoms with E-state index in [9.17, 15) is 0 Å². The molecule has 6 bridgehead atoms. The highest BCUT2D eigenvalue weighted by molar-refractivity contribution is 5.10. The lowest BCUT2D eigenvalue weighted by molar-refractivity contribution is -0.116. The Kier molecular flexibility index (Phi) is 2.73. The summed E-state index contributed by atoms with van der Waals surface area (Å²) < 4.78 is 0. The quantitative estimate of drug-likeness (QED) is 0.796. The van der Waals surface area contributed by atoms with Crippen LogP contribution in [0.3, 0.4) is 0 Å². The molecule has 0 saturated heterocycles. The van der Waals surface area contributed by atoms with Gasteiger partial charge < -0.3 is 5.73 Å². The van der Waals surface area contributed by atoms with Crippen LogP contribution in [0.1, 0.15) is 77.6 Å². The molecule has 0 heterocycles. The highest BCUT2D eigenvalue weighted by Gasteiger charge is 2.58. The summed E-state index contributed by atoms with van der Waals surface area (Å²) in [4.78, 5) is 0. The van der Waals surface area contributed by atoms with Crippen LogP contribution < -0.4 is 5.73 Å². The molecule has 0 aromatic heterocycles. The van der Waals surface area contributed by atoms with Crippen molar-refractivity contribution in [2.75, 3.05) is 0 Å². The van der Waals surface area contributed by atoms with Gasteiger partial charge in [-0.1, -0.05) is 13.3 Å². The largest absolute Gasteiger partial charge is 0.327 e. The lowest BCUT2D eigenvalue weighted by Gasteiger charge is -2.63. The first-order chi connectivity index (χ1) is 10.0. The van der Waals surface area contributed by atoms with E-state index in [1.54, 1.807) is 6.42 Å². The van der Waals surface area contributed by atoms with E-state index in [4.69, 9.17) is 5.73 Å². The SMILES string of the molecule is CC12CC3CC(C1)CC(C(N)CC1CC4CCC1C4)(C3)C2. The number of hydrogen-bond acceptors (Lipinski definition) is 1. The van der Waals surface area contributed by atoms with Crippen molar-refractivity contribution in [3.8, 4) is 0 Å². The van der Waals surface area contributed by atoms with Gasteiger partial charge in [-0.05, 0) is 105 Å². The Balaban J connectivity index is 1.34. The summed E-state index contributed by atoms with van der Waals surface area (Å²) in [5.74, 6) is 5.20. The molecule has 6 aliphatic carbocycles. The second-order valence-electron chi connectivity index (χ2n) is 10.4. The van der Waals surface area contributed by atoms with Crippen LogP contribution in [0.4, 0.5) is 0 Å². The van der Waals surface area contributed by atoms with E-state index in [1.165, 1.54) is 64.2 Å². The summed E-state index contributed by atoms with van der Waals surface area (Å²) in [5, 5.41) is 0. The Morgan fingerprint density at radius 2 is 1.71 bits per heavy atom. The van der Waals surface area contributed by atoms with Crippen molar-refractivity contribution in [3.63, 3.8) is 0 Å². The third-order valence-corrected chi connectivity index (χ3v) is 8.63. The van der Waals surface area contributed by atoms with Crippen LogP contribution in [0, 0.1) is 40.4 Å². The number of hydrogen-bond donors (Lipinski definition) is 1. The molecule has 6 aliphatic rings. The van der Waals surface area contributed by atoms with E-state index < -0.39 is 0 Å². The van der Waals surface area contributed by atoms with Gasteiger partial charge in [-0.15, -0.1) is 0 Å². The molecule has 0 spiro atoms. The second kappa shape index (κ2) is 4.28. The summed E-state index contributed by atoms with van der Waals surface area (Å²) in [5.41, 5.74) is 8.16. The molecule has 1 heteroatoms. The summed E-state index contributed by atoms with van der Waals surface area (Å²) in [6.45, 7) is 2.59. The first kappa shape index (κ1) is 13.4. The predicted octanol–water partition coefficient (Wildman–Crippen LogP) is 4.75. The van der Waals surface area contributed by atoms with Gasteiger partial charge in [-0.25, -0.2) is 0 Å². The van der Waals surface area contributed by atoms with Crippen LogP contribution in [-0.4, -0.2) is 6.04 Å². The zero-order valence-corrected chi connectivity index (χ0v) is 13.8. The third-order valence-electron chi connectivity index (χ3n) is 8.63. The van der Waals surface area contributed by atoms with Crippen LogP contribution in [0.15, 0.2) is 0 Å². The number of nitrogens with two attached hydrogens (primary N) is 1. The lowest BCUT2D eigenvalue weighted by atomic mass is 9.43. The minimum absolute atomic E-state index is 0.520. The van der Waals surface area contributed by atoms with Gasteiger partial charge in [0.25, 0.3) is 0 Å². The molecule has 1 nitrogen and oxygen atoms in total. The van der Waals surface area contributed by atoms with Crippen molar-refractivity contribution >= 4 is 0 Å². The Bertz CT molecular complexity index is 427. The standard InChI is InChI=1S/C20H33N/c1-19-8-14-4-15(9-19)11-20(10-14,12-19)18(21)7-17-6-13-2-3-16(17)5-13/h13-18H,2-12,21H2,1H3. The summed E-state index contributed by atoms with van der Waals surface area (Å²) in [7, 11) is 0. The zero-order valence-electron chi connectivity index (χ0n) is 13.8. The van der Waals surface area contributed by atoms with E-state index in [2.05, 4.69) is 6.92 Å². The van der Waals surface area contributed by atoms with Crippen LogP contribution in [0.5, 0.6) is 0 Å². The smallest absolute Gasteiger partial charge is 0.00987 e. The molecule has 6 rings (SSSR count). The summed E-state index contributed by atoms with van der Waals surface area (Å²) >= 11 is 0. The minimum atomic E-state index is 0.520. The van der Waals surface area contributed by atoms with Crippen LogP contribution in [0.2, 0.25) is 0 Å². The van der Waals surface area contributed by atoms with E-state index in [1.807, 2.05) is 0 Å². The van der Waals surface area contributed by atoms with Gasteiger partial charge in [-0.3, -0.25) is 0 Å². The molecule has 2 N–H and O–H groups in total. The third kappa shape index (κ3) is 1.98. The Hall–Kier alpha value is -0.0400. The van der Waals surface area contributed by atoms with Gasteiger partial charge in [0.05, 0.1) is 0 Å². The average Bonchev–Trinajstić information content (AvgIpc) is 2.97. The van der Waals surface area contributed by atoms with Gasteiger partial charge in [-0.2, -0.15) is 0 Å². The zero-order chi connectivity index (χ0) is 14.2. The molecule has 0 aromatic carbocycles. The van der Waals surface area contributed by atoms with Crippen LogP contribution >= 0.6 is 0 Å². The monoisotopic (exact) mass is 287 g/mol. The number of fused-ring (bicyclic) bond motifs is 2. The van der Waals surface area contributed by atoms with Crippen LogP contribution in [0.25, 0.3) is 0 Å². The minimum Gasteiger partial charge on any atom is -0.327 e. The normalized spacial score (nSPS) is 58.9. The summed E-state index contributed by atoms with van der Waals surface area (Å²) in [6, 6.07) is 0.520. The molecule has 6 fully saturated rings. The molecular formula is C20H33N. The van der Waals surface area contributed by atoms with Crippen molar-refractivity contribution < 1.29 is 0 Å². The maximum absolute atomic E-state index is 6.94.